The third kappa shape index (κ3) is 3.96. The van der Waals surface area contributed by atoms with Crippen LogP contribution in [0.15, 0.2) is 23.1 Å². The molecular formula is C20H30N2O3S. The van der Waals surface area contributed by atoms with Crippen molar-refractivity contribution in [1.82, 2.24) is 9.55 Å². The zero-order valence-corrected chi connectivity index (χ0v) is 17.2. The minimum atomic E-state index is -3.77. The van der Waals surface area contributed by atoms with E-state index in [0.29, 0.717) is 11.4 Å². The van der Waals surface area contributed by atoms with Crippen molar-refractivity contribution in [2.24, 2.45) is 17.3 Å². The van der Waals surface area contributed by atoms with E-state index in [-0.39, 0.29) is 16.2 Å². The molecule has 1 aliphatic rings. The Bertz CT molecular complexity index is 903. The Labute approximate surface area is 156 Å². The molecule has 1 heterocycles. The highest BCUT2D eigenvalue weighted by Crippen LogP contribution is 2.34. The van der Waals surface area contributed by atoms with E-state index in [1.807, 2.05) is 6.07 Å². The molecule has 1 aliphatic carbocycles. The number of hydrogen-bond acceptors (Lipinski definition) is 4. The Morgan fingerprint density at radius 3 is 2.46 bits per heavy atom. The molecule has 5 nitrogen and oxygen atoms in total. The van der Waals surface area contributed by atoms with Gasteiger partial charge in [0.15, 0.2) is 5.44 Å². The lowest BCUT2D eigenvalue weighted by atomic mass is 9.92. The molecule has 0 aliphatic heterocycles. The van der Waals surface area contributed by atoms with Gasteiger partial charge in [0.1, 0.15) is 5.82 Å². The van der Waals surface area contributed by atoms with Gasteiger partial charge in [0, 0.05) is 13.0 Å². The summed E-state index contributed by atoms with van der Waals surface area (Å²) >= 11 is 0. The third-order valence-electron chi connectivity index (χ3n) is 4.84. The average molecular weight is 379 g/mol. The van der Waals surface area contributed by atoms with E-state index in [4.69, 9.17) is 4.98 Å². The molecule has 1 unspecified atom stereocenters. The van der Waals surface area contributed by atoms with Gasteiger partial charge < -0.3 is 9.67 Å². The molecule has 1 saturated carbocycles. The van der Waals surface area contributed by atoms with Crippen LogP contribution in [0.2, 0.25) is 0 Å². The number of benzene rings is 1. The van der Waals surface area contributed by atoms with Gasteiger partial charge in [-0.1, -0.05) is 34.6 Å². The molecule has 0 bridgehead atoms. The monoisotopic (exact) mass is 378 g/mol. The molecule has 1 N–H and O–H groups in total. The van der Waals surface area contributed by atoms with Crippen molar-refractivity contribution in [3.05, 3.63) is 24.0 Å². The maximum Gasteiger partial charge on any atom is 0.205 e. The Hall–Kier alpha value is -1.40. The van der Waals surface area contributed by atoms with Gasteiger partial charge in [-0.05, 0) is 48.3 Å². The smallest absolute Gasteiger partial charge is 0.205 e. The van der Waals surface area contributed by atoms with Gasteiger partial charge in [-0.3, -0.25) is 0 Å². The predicted molar refractivity (Wildman–Crippen MR) is 104 cm³/mol. The molecule has 0 saturated heterocycles. The van der Waals surface area contributed by atoms with E-state index in [1.165, 1.54) is 12.8 Å². The molecular weight excluding hydrogens is 348 g/mol. The van der Waals surface area contributed by atoms with Crippen molar-refractivity contribution in [2.75, 3.05) is 0 Å². The molecule has 2 aromatic rings. The number of rotatable bonds is 6. The van der Waals surface area contributed by atoms with Crippen LogP contribution in [0.1, 0.15) is 53.3 Å². The quantitative estimate of drug-likeness (QED) is 0.830. The second-order valence-electron chi connectivity index (χ2n) is 9.15. The first-order valence-electron chi connectivity index (χ1n) is 9.40. The van der Waals surface area contributed by atoms with Crippen LogP contribution in [-0.4, -0.2) is 28.5 Å². The molecule has 0 spiro atoms. The van der Waals surface area contributed by atoms with Crippen molar-refractivity contribution in [3.63, 3.8) is 0 Å². The highest BCUT2D eigenvalue weighted by Gasteiger charge is 2.30. The number of sulfone groups is 1. The lowest BCUT2D eigenvalue weighted by Gasteiger charge is -2.18. The number of nitrogens with zero attached hydrogens (tertiary/aromatic N) is 2. The van der Waals surface area contributed by atoms with Crippen molar-refractivity contribution in [1.29, 1.82) is 0 Å². The molecule has 144 valence electrons. The Morgan fingerprint density at radius 2 is 1.92 bits per heavy atom. The van der Waals surface area contributed by atoms with E-state index < -0.39 is 15.3 Å². The summed E-state index contributed by atoms with van der Waals surface area (Å²) in [6.45, 7) is 10.9. The van der Waals surface area contributed by atoms with Crippen molar-refractivity contribution < 1.29 is 13.5 Å². The summed E-state index contributed by atoms with van der Waals surface area (Å²) in [6.07, 6.45) is 3.34. The topological polar surface area (TPSA) is 72.2 Å². The average Bonchev–Trinajstić information content (AvgIpc) is 3.28. The molecule has 1 aromatic heterocycles. The summed E-state index contributed by atoms with van der Waals surface area (Å²) in [5.74, 6) is 1.36. The van der Waals surface area contributed by atoms with Crippen LogP contribution < -0.4 is 0 Å². The highest BCUT2D eigenvalue weighted by atomic mass is 32.2. The number of aliphatic hydroxyl groups excluding tert-OH is 1. The van der Waals surface area contributed by atoms with E-state index >= 15 is 0 Å². The zero-order chi connectivity index (χ0) is 19.3. The van der Waals surface area contributed by atoms with Crippen LogP contribution in [0.3, 0.4) is 0 Å². The molecule has 0 radical (unpaired) electrons. The maximum absolute atomic E-state index is 12.6. The summed E-state index contributed by atoms with van der Waals surface area (Å²) < 4.78 is 27.5. The van der Waals surface area contributed by atoms with E-state index in [2.05, 4.69) is 25.3 Å². The van der Waals surface area contributed by atoms with Crippen LogP contribution in [0.4, 0.5) is 0 Å². The summed E-state index contributed by atoms with van der Waals surface area (Å²) in [4.78, 5) is 4.92. The minimum absolute atomic E-state index is 0.103. The predicted octanol–water partition coefficient (Wildman–Crippen LogP) is 3.78. The van der Waals surface area contributed by atoms with E-state index in [0.717, 1.165) is 24.3 Å². The van der Waals surface area contributed by atoms with Gasteiger partial charge in [0.25, 0.3) is 0 Å². The number of aromatic nitrogens is 2. The van der Waals surface area contributed by atoms with Gasteiger partial charge in [-0.15, -0.1) is 0 Å². The molecule has 3 rings (SSSR count). The largest absolute Gasteiger partial charge is 0.376 e. The lowest BCUT2D eigenvalue weighted by molar-refractivity contribution is 0.199. The minimum Gasteiger partial charge on any atom is -0.376 e. The van der Waals surface area contributed by atoms with Crippen LogP contribution in [-0.2, 0) is 22.8 Å². The van der Waals surface area contributed by atoms with Gasteiger partial charge in [0.05, 0.1) is 15.9 Å². The normalized spacial score (nSPS) is 17.2. The molecule has 0 amide bonds. The first kappa shape index (κ1) is 19.4. The van der Waals surface area contributed by atoms with Crippen LogP contribution in [0.5, 0.6) is 0 Å². The van der Waals surface area contributed by atoms with E-state index in [1.54, 1.807) is 26.0 Å². The Kier molecular flexibility index (Phi) is 4.95. The number of hydrogen-bond donors (Lipinski definition) is 1. The standard InChI is InChI=1S/C20H30N2O3S/c1-13(2)19(23)26(24,25)15-8-9-17-16(10-15)21-18(11-20(3,4)5)22(17)12-14-6-7-14/h8-10,13-14,19,23H,6-7,11-12H2,1-5H3. The van der Waals surface area contributed by atoms with Crippen LogP contribution in [0, 0.1) is 17.3 Å². The Balaban J connectivity index is 2.07. The van der Waals surface area contributed by atoms with Crippen molar-refractivity contribution in [3.8, 4) is 0 Å². The van der Waals surface area contributed by atoms with Gasteiger partial charge in [-0.25, -0.2) is 13.4 Å². The summed E-state index contributed by atoms with van der Waals surface area (Å²) in [7, 11) is -3.77. The highest BCUT2D eigenvalue weighted by molar-refractivity contribution is 7.91. The second-order valence-corrected chi connectivity index (χ2v) is 11.2. The molecule has 1 fully saturated rings. The number of aliphatic hydroxyl groups is 1. The zero-order valence-electron chi connectivity index (χ0n) is 16.4. The van der Waals surface area contributed by atoms with E-state index in [9.17, 15) is 13.5 Å². The van der Waals surface area contributed by atoms with Crippen LogP contribution >= 0.6 is 0 Å². The summed E-state index contributed by atoms with van der Waals surface area (Å²) in [5.41, 5.74) is 0.379. The van der Waals surface area contributed by atoms with Gasteiger partial charge >= 0.3 is 0 Å². The fourth-order valence-electron chi connectivity index (χ4n) is 3.21. The fourth-order valence-corrected chi connectivity index (χ4v) is 4.73. The van der Waals surface area contributed by atoms with Crippen molar-refractivity contribution >= 4 is 20.9 Å². The molecule has 1 aromatic carbocycles. The second kappa shape index (κ2) is 6.64. The van der Waals surface area contributed by atoms with Gasteiger partial charge in [0.2, 0.25) is 9.84 Å². The lowest BCUT2D eigenvalue weighted by Crippen LogP contribution is -2.26. The first-order chi connectivity index (χ1) is 12.0. The summed E-state index contributed by atoms with van der Waals surface area (Å²) in [5, 5.41) is 10.1. The fraction of sp³-hybridized carbons (Fsp3) is 0.650. The molecule has 6 heteroatoms. The molecule has 1 atom stereocenters. The maximum atomic E-state index is 12.6. The summed E-state index contributed by atoms with van der Waals surface area (Å²) in [6, 6.07) is 5.07. The molecule has 26 heavy (non-hydrogen) atoms. The van der Waals surface area contributed by atoms with Crippen LogP contribution in [0.25, 0.3) is 11.0 Å². The Morgan fingerprint density at radius 1 is 1.27 bits per heavy atom. The number of imidazole rings is 1. The SMILES string of the molecule is CC(C)C(O)S(=O)(=O)c1ccc2c(c1)nc(CC(C)(C)C)n2CC1CC1. The van der Waals surface area contributed by atoms with Gasteiger partial charge in [-0.2, -0.15) is 0 Å². The first-order valence-corrected chi connectivity index (χ1v) is 10.9. The van der Waals surface area contributed by atoms with Crippen molar-refractivity contribution in [2.45, 2.75) is 70.8 Å². The number of fused-ring (bicyclic) bond motifs is 1. The third-order valence-corrected chi connectivity index (χ3v) is 6.93.